The molecular formula is C16H16BrNO. The third-order valence-corrected chi connectivity index (χ3v) is 3.91. The van der Waals surface area contributed by atoms with Gasteiger partial charge in [-0.3, -0.25) is 0 Å². The lowest BCUT2D eigenvalue weighted by Crippen LogP contribution is -2.23. The fourth-order valence-electron chi connectivity index (χ4n) is 2.29. The lowest BCUT2D eigenvalue weighted by atomic mass is 10.0. The van der Waals surface area contributed by atoms with Crippen LogP contribution in [0.2, 0.25) is 0 Å². The summed E-state index contributed by atoms with van der Waals surface area (Å²) in [4.78, 5) is 0. The maximum absolute atomic E-state index is 5.85. The molecule has 0 spiro atoms. The first-order valence-electron chi connectivity index (χ1n) is 6.51. The minimum Gasteiger partial charge on any atom is -0.489 e. The van der Waals surface area contributed by atoms with Gasteiger partial charge in [0.05, 0.1) is 0 Å². The SMILES string of the molecule is Brc1ccc(COc2ccc3c(c2)CNCC3)cc1. The standard InChI is InChI=1S/C16H16BrNO/c17-15-4-1-12(2-5-15)11-19-16-6-3-13-7-8-18-10-14(13)9-16/h1-6,9,18H,7-8,10-11H2. The van der Waals surface area contributed by atoms with Gasteiger partial charge in [-0.15, -0.1) is 0 Å². The van der Waals surface area contributed by atoms with Crippen LogP contribution in [0.15, 0.2) is 46.9 Å². The largest absolute Gasteiger partial charge is 0.489 e. The Balaban J connectivity index is 1.68. The molecule has 0 bridgehead atoms. The van der Waals surface area contributed by atoms with E-state index in [1.165, 1.54) is 16.7 Å². The number of halogens is 1. The highest BCUT2D eigenvalue weighted by molar-refractivity contribution is 9.10. The first-order chi connectivity index (χ1) is 9.31. The van der Waals surface area contributed by atoms with E-state index in [2.05, 4.69) is 51.6 Å². The minimum atomic E-state index is 0.611. The number of hydrogen-bond acceptors (Lipinski definition) is 2. The Morgan fingerprint density at radius 2 is 1.89 bits per heavy atom. The average molecular weight is 318 g/mol. The number of fused-ring (bicyclic) bond motifs is 1. The highest BCUT2D eigenvalue weighted by atomic mass is 79.9. The molecule has 1 aliphatic rings. The van der Waals surface area contributed by atoms with E-state index in [1.807, 2.05) is 12.1 Å². The van der Waals surface area contributed by atoms with Crippen molar-refractivity contribution in [2.75, 3.05) is 6.54 Å². The van der Waals surface area contributed by atoms with Crippen molar-refractivity contribution in [2.45, 2.75) is 19.6 Å². The van der Waals surface area contributed by atoms with E-state index in [0.29, 0.717) is 6.61 Å². The van der Waals surface area contributed by atoms with Gasteiger partial charge in [0.2, 0.25) is 0 Å². The normalized spacial score (nSPS) is 13.9. The van der Waals surface area contributed by atoms with Gasteiger partial charge in [0.15, 0.2) is 0 Å². The summed E-state index contributed by atoms with van der Waals surface area (Å²) < 4.78 is 6.95. The Morgan fingerprint density at radius 1 is 1.05 bits per heavy atom. The number of nitrogens with one attached hydrogen (secondary N) is 1. The van der Waals surface area contributed by atoms with Crippen molar-refractivity contribution in [1.82, 2.24) is 5.32 Å². The van der Waals surface area contributed by atoms with Gasteiger partial charge in [-0.05, 0) is 53.9 Å². The molecule has 2 aromatic carbocycles. The molecule has 3 rings (SSSR count). The molecule has 0 fully saturated rings. The van der Waals surface area contributed by atoms with Gasteiger partial charge in [-0.1, -0.05) is 34.1 Å². The number of hydrogen-bond donors (Lipinski definition) is 1. The highest BCUT2D eigenvalue weighted by Crippen LogP contribution is 2.21. The van der Waals surface area contributed by atoms with E-state index in [0.717, 1.165) is 29.7 Å². The van der Waals surface area contributed by atoms with Crippen molar-refractivity contribution < 1.29 is 4.74 Å². The lowest BCUT2D eigenvalue weighted by Gasteiger charge is -2.18. The van der Waals surface area contributed by atoms with Crippen molar-refractivity contribution in [3.63, 3.8) is 0 Å². The monoisotopic (exact) mass is 317 g/mol. The van der Waals surface area contributed by atoms with Crippen LogP contribution in [-0.2, 0) is 19.6 Å². The van der Waals surface area contributed by atoms with Crippen molar-refractivity contribution >= 4 is 15.9 Å². The zero-order valence-corrected chi connectivity index (χ0v) is 12.2. The third kappa shape index (κ3) is 3.17. The maximum Gasteiger partial charge on any atom is 0.120 e. The number of ether oxygens (including phenoxy) is 1. The molecule has 3 heteroatoms. The van der Waals surface area contributed by atoms with Crippen LogP contribution in [0, 0.1) is 0 Å². The highest BCUT2D eigenvalue weighted by Gasteiger charge is 2.09. The summed E-state index contributed by atoms with van der Waals surface area (Å²) >= 11 is 3.43. The predicted molar refractivity (Wildman–Crippen MR) is 80.3 cm³/mol. The lowest BCUT2D eigenvalue weighted by molar-refractivity contribution is 0.305. The Bertz CT molecular complexity index is 565. The van der Waals surface area contributed by atoms with E-state index in [1.54, 1.807) is 0 Å². The van der Waals surface area contributed by atoms with Crippen LogP contribution in [0.25, 0.3) is 0 Å². The van der Waals surface area contributed by atoms with Crippen LogP contribution in [0.4, 0.5) is 0 Å². The van der Waals surface area contributed by atoms with Crippen LogP contribution < -0.4 is 10.1 Å². The van der Waals surface area contributed by atoms with Gasteiger partial charge in [0.1, 0.15) is 12.4 Å². The van der Waals surface area contributed by atoms with Crippen molar-refractivity contribution in [3.05, 3.63) is 63.6 Å². The summed E-state index contributed by atoms with van der Waals surface area (Å²) in [7, 11) is 0. The summed E-state index contributed by atoms with van der Waals surface area (Å²) in [6.45, 7) is 2.64. The average Bonchev–Trinajstić information content (AvgIpc) is 2.46. The van der Waals surface area contributed by atoms with E-state index in [9.17, 15) is 0 Å². The molecular weight excluding hydrogens is 302 g/mol. The van der Waals surface area contributed by atoms with Gasteiger partial charge in [-0.25, -0.2) is 0 Å². The topological polar surface area (TPSA) is 21.3 Å². The molecule has 19 heavy (non-hydrogen) atoms. The van der Waals surface area contributed by atoms with Gasteiger partial charge in [-0.2, -0.15) is 0 Å². The number of benzene rings is 2. The smallest absolute Gasteiger partial charge is 0.120 e. The van der Waals surface area contributed by atoms with Gasteiger partial charge in [0.25, 0.3) is 0 Å². The Labute approximate surface area is 121 Å². The van der Waals surface area contributed by atoms with E-state index in [-0.39, 0.29) is 0 Å². The molecule has 0 radical (unpaired) electrons. The molecule has 0 amide bonds. The van der Waals surface area contributed by atoms with Crippen LogP contribution in [0.3, 0.4) is 0 Å². The fourth-order valence-corrected chi connectivity index (χ4v) is 2.56. The first-order valence-corrected chi connectivity index (χ1v) is 7.30. The quantitative estimate of drug-likeness (QED) is 0.932. The molecule has 1 aliphatic heterocycles. The molecule has 2 nitrogen and oxygen atoms in total. The molecule has 0 aromatic heterocycles. The molecule has 0 saturated heterocycles. The summed E-state index contributed by atoms with van der Waals surface area (Å²) in [6, 6.07) is 14.6. The molecule has 0 atom stereocenters. The Hall–Kier alpha value is -1.32. The summed E-state index contributed by atoms with van der Waals surface area (Å²) in [5.74, 6) is 0.949. The molecule has 0 aliphatic carbocycles. The van der Waals surface area contributed by atoms with Gasteiger partial charge < -0.3 is 10.1 Å². The second-order valence-corrected chi connectivity index (χ2v) is 5.69. The molecule has 1 heterocycles. The molecule has 0 unspecified atom stereocenters. The number of rotatable bonds is 3. The van der Waals surface area contributed by atoms with Crippen molar-refractivity contribution in [3.8, 4) is 5.75 Å². The summed E-state index contributed by atoms with van der Waals surface area (Å²) in [6.07, 6.45) is 1.11. The zero-order chi connectivity index (χ0) is 13.1. The fraction of sp³-hybridized carbons (Fsp3) is 0.250. The van der Waals surface area contributed by atoms with Crippen LogP contribution in [0.1, 0.15) is 16.7 Å². The zero-order valence-electron chi connectivity index (χ0n) is 10.7. The first kappa shape index (κ1) is 12.7. The predicted octanol–water partition coefficient (Wildman–Crippen LogP) is 3.67. The van der Waals surface area contributed by atoms with Crippen molar-refractivity contribution in [1.29, 1.82) is 0 Å². The Kier molecular flexibility index (Phi) is 3.85. The third-order valence-electron chi connectivity index (χ3n) is 3.38. The Morgan fingerprint density at radius 3 is 2.74 bits per heavy atom. The minimum absolute atomic E-state index is 0.611. The second kappa shape index (κ2) is 5.76. The van der Waals surface area contributed by atoms with Gasteiger partial charge in [0, 0.05) is 11.0 Å². The van der Waals surface area contributed by atoms with E-state index < -0.39 is 0 Å². The molecule has 98 valence electrons. The van der Waals surface area contributed by atoms with Crippen LogP contribution >= 0.6 is 15.9 Å². The van der Waals surface area contributed by atoms with Crippen LogP contribution in [-0.4, -0.2) is 6.54 Å². The maximum atomic E-state index is 5.85. The molecule has 2 aromatic rings. The molecule has 1 N–H and O–H groups in total. The van der Waals surface area contributed by atoms with Crippen LogP contribution in [0.5, 0.6) is 5.75 Å². The molecule has 0 saturated carbocycles. The summed E-state index contributed by atoms with van der Waals surface area (Å²) in [5.41, 5.74) is 3.98. The van der Waals surface area contributed by atoms with E-state index in [4.69, 9.17) is 4.74 Å². The van der Waals surface area contributed by atoms with Gasteiger partial charge >= 0.3 is 0 Å². The second-order valence-electron chi connectivity index (χ2n) is 4.77. The van der Waals surface area contributed by atoms with Crippen molar-refractivity contribution in [2.24, 2.45) is 0 Å². The van der Waals surface area contributed by atoms with E-state index >= 15 is 0 Å². The summed E-state index contributed by atoms with van der Waals surface area (Å²) in [5, 5.41) is 3.39.